The molecule has 2 aromatic rings. The van der Waals surface area contributed by atoms with Crippen LogP contribution in [0.1, 0.15) is 15.9 Å². The highest BCUT2D eigenvalue weighted by atomic mass is 19.4. The molecule has 10 heteroatoms. The van der Waals surface area contributed by atoms with Crippen molar-refractivity contribution in [1.29, 1.82) is 0 Å². The Labute approximate surface area is 114 Å². The fourth-order valence-electron chi connectivity index (χ4n) is 1.70. The van der Waals surface area contributed by atoms with E-state index in [-0.39, 0.29) is 0 Å². The standard InChI is InChI=1S/C11H6F3N3O4/c12-11(13,14)7-5-16(4-6(7)10(18)19)9-8(17(20)21)2-1-3-15-9/h1-5H,(H,18,19). The Bertz CT molecular complexity index is 724. The first kappa shape index (κ1) is 14.5. The Morgan fingerprint density at radius 2 is 2.05 bits per heavy atom. The second-order valence-corrected chi connectivity index (χ2v) is 3.90. The maximum Gasteiger partial charge on any atom is 0.418 e. The molecule has 0 aromatic carbocycles. The summed E-state index contributed by atoms with van der Waals surface area (Å²) in [6.45, 7) is 0. The molecule has 2 aromatic heterocycles. The van der Waals surface area contributed by atoms with Gasteiger partial charge in [0.15, 0.2) is 0 Å². The van der Waals surface area contributed by atoms with E-state index >= 15 is 0 Å². The lowest BCUT2D eigenvalue weighted by Gasteiger charge is -2.04. The van der Waals surface area contributed by atoms with Crippen molar-refractivity contribution in [3.05, 3.63) is 52.0 Å². The lowest BCUT2D eigenvalue weighted by molar-refractivity contribution is -0.384. The van der Waals surface area contributed by atoms with Gasteiger partial charge in [-0.05, 0) is 6.07 Å². The topological polar surface area (TPSA) is 98.3 Å². The van der Waals surface area contributed by atoms with Crippen molar-refractivity contribution < 1.29 is 28.0 Å². The van der Waals surface area contributed by atoms with E-state index < -0.39 is 39.7 Å². The minimum atomic E-state index is -4.90. The first-order chi connectivity index (χ1) is 9.71. The molecule has 21 heavy (non-hydrogen) atoms. The summed E-state index contributed by atoms with van der Waals surface area (Å²) in [6.07, 6.45) is -2.65. The number of carbonyl (C=O) groups is 1. The largest absolute Gasteiger partial charge is 0.478 e. The van der Waals surface area contributed by atoms with Crippen molar-refractivity contribution >= 4 is 11.7 Å². The van der Waals surface area contributed by atoms with Gasteiger partial charge in [-0.25, -0.2) is 9.78 Å². The number of alkyl halides is 3. The van der Waals surface area contributed by atoms with Crippen molar-refractivity contribution in [3.8, 4) is 5.82 Å². The van der Waals surface area contributed by atoms with Gasteiger partial charge in [0.05, 0.1) is 16.1 Å². The molecule has 0 bridgehead atoms. The second-order valence-electron chi connectivity index (χ2n) is 3.90. The fourth-order valence-corrected chi connectivity index (χ4v) is 1.70. The zero-order valence-electron chi connectivity index (χ0n) is 10.0. The summed E-state index contributed by atoms with van der Waals surface area (Å²) in [4.78, 5) is 24.5. The maximum absolute atomic E-state index is 12.8. The van der Waals surface area contributed by atoms with E-state index in [1.807, 2.05) is 0 Å². The van der Waals surface area contributed by atoms with Crippen LogP contribution in [0.25, 0.3) is 5.82 Å². The number of carboxylic acids is 1. The number of hydrogen-bond acceptors (Lipinski definition) is 4. The van der Waals surface area contributed by atoms with E-state index in [1.165, 1.54) is 6.07 Å². The number of aromatic carboxylic acids is 1. The van der Waals surface area contributed by atoms with Gasteiger partial charge in [0, 0.05) is 24.7 Å². The van der Waals surface area contributed by atoms with Crippen molar-refractivity contribution in [2.45, 2.75) is 6.18 Å². The van der Waals surface area contributed by atoms with Crippen molar-refractivity contribution in [2.75, 3.05) is 0 Å². The predicted molar refractivity (Wildman–Crippen MR) is 62.2 cm³/mol. The first-order valence-corrected chi connectivity index (χ1v) is 5.34. The number of pyridine rings is 1. The molecule has 0 aliphatic heterocycles. The molecule has 0 amide bonds. The van der Waals surface area contributed by atoms with Crippen LogP contribution in [0.15, 0.2) is 30.7 Å². The minimum Gasteiger partial charge on any atom is -0.478 e. The summed E-state index contributed by atoms with van der Waals surface area (Å²) in [5.74, 6) is -2.19. The van der Waals surface area contributed by atoms with Gasteiger partial charge in [-0.2, -0.15) is 13.2 Å². The number of hydrogen-bond donors (Lipinski definition) is 1. The summed E-state index contributed by atoms with van der Waals surface area (Å²) in [5.41, 5.74) is -2.96. The monoisotopic (exact) mass is 301 g/mol. The highest BCUT2D eigenvalue weighted by molar-refractivity contribution is 5.89. The van der Waals surface area contributed by atoms with E-state index in [1.54, 1.807) is 0 Å². The number of nitro groups is 1. The highest BCUT2D eigenvalue weighted by Crippen LogP contribution is 2.34. The zero-order chi connectivity index (χ0) is 15.8. The van der Waals surface area contributed by atoms with E-state index in [0.717, 1.165) is 12.3 Å². The average molecular weight is 301 g/mol. The predicted octanol–water partition coefficient (Wildman–Crippen LogP) is 2.50. The van der Waals surface area contributed by atoms with Gasteiger partial charge in [-0.15, -0.1) is 0 Å². The highest BCUT2D eigenvalue weighted by Gasteiger charge is 2.37. The minimum absolute atomic E-state index is 0.402. The van der Waals surface area contributed by atoms with Crippen LogP contribution in [0.2, 0.25) is 0 Å². The lowest BCUT2D eigenvalue weighted by atomic mass is 10.2. The Hall–Kier alpha value is -2.91. The van der Waals surface area contributed by atoms with Gasteiger partial charge in [0.25, 0.3) is 0 Å². The number of rotatable bonds is 3. The normalized spacial score (nSPS) is 11.4. The van der Waals surface area contributed by atoms with Crippen LogP contribution in [0.3, 0.4) is 0 Å². The number of halogens is 3. The average Bonchev–Trinajstić information content (AvgIpc) is 2.83. The summed E-state index contributed by atoms with van der Waals surface area (Å²) in [5, 5.41) is 19.6. The third kappa shape index (κ3) is 2.68. The Morgan fingerprint density at radius 1 is 1.38 bits per heavy atom. The molecular formula is C11H6F3N3O4. The molecule has 0 atom stereocenters. The molecule has 0 spiro atoms. The molecule has 7 nitrogen and oxygen atoms in total. The third-order valence-electron chi connectivity index (χ3n) is 2.57. The number of carboxylic acid groups (broad SMARTS) is 1. The van der Waals surface area contributed by atoms with Gasteiger partial charge in [0.1, 0.15) is 0 Å². The number of nitrogens with zero attached hydrogens (tertiary/aromatic N) is 3. The van der Waals surface area contributed by atoms with Gasteiger partial charge in [-0.3, -0.25) is 10.1 Å². The van der Waals surface area contributed by atoms with Crippen molar-refractivity contribution in [3.63, 3.8) is 0 Å². The molecule has 2 heterocycles. The summed E-state index contributed by atoms with van der Waals surface area (Å²) in [7, 11) is 0. The Kier molecular flexibility index (Phi) is 3.37. The zero-order valence-corrected chi connectivity index (χ0v) is 10.0. The van der Waals surface area contributed by atoms with Crippen LogP contribution in [0.5, 0.6) is 0 Å². The van der Waals surface area contributed by atoms with Gasteiger partial charge < -0.3 is 9.67 Å². The molecule has 0 unspecified atom stereocenters. The van der Waals surface area contributed by atoms with E-state index in [2.05, 4.69) is 4.98 Å². The van der Waals surface area contributed by atoms with Gasteiger partial charge in [0.2, 0.25) is 5.82 Å². The van der Waals surface area contributed by atoms with Crippen LogP contribution in [-0.4, -0.2) is 25.6 Å². The van der Waals surface area contributed by atoms with Crippen molar-refractivity contribution in [1.82, 2.24) is 9.55 Å². The SMILES string of the molecule is O=C(O)c1cn(-c2ncccc2[N+](=O)[O-])cc1C(F)(F)F. The number of aromatic nitrogens is 2. The summed E-state index contributed by atoms with van der Waals surface area (Å²) >= 11 is 0. The summed E-state index contributed by atoms with van der Waals surface area (Å²) < 4.78 is 39.0. The molecular weight excluding hydrogens is 295 g/mol. The molecule has 110 valence electrons. The van der Waals surface area contributed by atoms with Gasteiger partial charge >= 0.3 is 17.8 Å². The van der Waals surface area contributed by atoms with E-state index in [9.17, 15) is 28.1 Å². The quantitative estimate of drug-likeness (QED) is 0.693. The summed E-state index contributed by atoms with van der Waals surface area (Å²) in [6, 6.07) is 2.30. The van der Waals surface area contributed by atoms with Crippen molar-refractivity contribution in [2.24, 2.45) is 0 Å². The molecule has 0 radical (unpaired) electrons. The van der Waals surface area contributed by atoms with Crippen LogP contribution in [-0.2, 0) is 6.18 Å². The smallest absolute Gasteiger partial charge is 0.418 e. The molecule has 0 aliphatic carbocycles. The molecule has 0 saturated heterocycles. The molecule has 1 N–H and O–H groups in total. The first-order valence-electron chi connectivity index (χ1n) is 5.34. The van der Waals surface area contributed by atoms with Crippen LogP contribution in [0, 0.1) is 10.1 Å². The Balaban J connectivity index is 2.67. The van der Waals surface area contributed by atoms with Crippen LogP contribution >= 0.6 is 0 Å². The van der Waals surface area contributed by atoms with E-state index in [4.69, 9.17) is 5.11 Å². The maximum atomic E-state index is 12.8. The molecule has 0 aliphatic rings. The van der Waals surface area contributed by atoms with Gasteiger partial charge in [-0.1, -0.05) is 0 Å². The Morgan fingerprint density at radius 3 is 2.52 bits per heavy atom. The third-order valence-corrected chi connectivity index (χ3v) is 2.57. The molecule has 2 rings (SSSR count). The fraction of sp³-hybridized carbons (Fsp3) is 0.0909. The van der Waals surface area contributed by atoms with Crippen LogP contribution in [0.4, 0.5) is 18.9 Å². The van der Waals surface area contributed by atoms with E-state index in [0.29, 0.717) is 17.0 Å². The molecule has 0 saturated carbocycles. The molecule has 0 fully saturated rings. The second kappa shape index (κ2) is 4.89. The lowest BCUT2D eigenvalue weighted by Crippen LogP contribution is -2.09. The van der Waals surface area contributed by atoms with Crippen LogP contribution < -0.4 is 0 Å².